The number of nitrogen functional groups attached to an aromatic ring is 1. The molecule has 0 bridgehead atoms. The number of carbonyl (C=O) groups is 1. The first kappa shape index (κ1) is 14.8. The number of nitrogens with zero attached hydrogens (tertiary/aromatic N) is 1. The molecule has 1 aromatic rings. The van der Waals surface area contributed by atoms with Gasteiger partial charge in [0.1, 0.15) is 17.3 Å². The summed E-state index contributed by atoms with van der Waals surface area (Å²) in [6, 6.07) is 2.03. The van der Waals surface area contributed by atoms with E-state index in [-0.39, 0.29) is 11.5 Å². The first-order valence-corrected chi connectivity index (χ1v) is 7.06. The van der Waals surface area contributed by atoms with Crippen molar-refractivity contribution in [2.75, 3.05) is 18.8 Å². The Hall–Kier alpha value is -1.65. The van der Waals surface area contributed by atoms with Crippen molar-refractivity contribution in [1.29, 1.82) is 0 Å². The molecule has 0 aliphatic carbocycles. The molecular weight excluding hydrogens is 262 g/mol. The molecule has 1 saturated heterocycles. The van der Waals surface area contributed by atoms with Crippen LogP contribution in [0.3, 0.4) is 0 Å². The maximum atomic E-state index is 13.4. The average Bonchev–Trinajstić information content (AvgIpc) is 2.68. The van der Waals surface area contributed by atoms with Crippen molar-refractivity contribution in [2.45, 2.75) is 32.6 Å². The minimum atomic E-state index is -0.880. The SMILES string of the molecule is CCC1CCCN(C(=O)c2cc(F)c(N)c(F)c2)CC1. The Kier molecular flexibility index (Phi) is 4.57. The Morgan fingerprint density at radius 2 is 1.95 bits per heavy atom. The molecule has 3 nitrogen and oxygen atoms in total. The molecule has 1 fully saturated rings. The van der Waals surface area contributed by atoms with Crippen LogP contribution in [-0.4, -0.2) is 23.9 Å². The topological polar surface area (TPSA) is 46.3 Å². The van der Waals surface area contributed by atoms with Crippen LogP contribution in [0.25, 0.3) is 0 Å². The summed E-state index contributed by atoms with van der Waals surface area (Å²) in [4.78, 5) is 14.0. The molecule has 0 aromatic heterocycles. The number of halogens is 2. The second-order valence-corrected chi connectivity index (χ2v) is 5.35. The van der Waals surface area contributed by atoms with Crippen LogP contribution in [-0.2, 0) is 0 Å². The standard InChI is InChI=1S/C15H20F2N2O/c1-2-10-4-3-6-19(7-5-10)15(20)11-8-12(16)14(18)13(17)9-11/h8-10H,2-7,18H2,1H3. The molecule has 1 amide bonds. The number of carbonyl (C=O) groups excluding carboxylic acids is 1. The van der Waals surface area contributed by atoms with E-state index in [0.717, 1.165) is 37.8 Å². The maximum Gasteiger partial charge on any atom is 0.254 e. The molecule has 110 valence electrons. The van der Waals surface area contributed by atoms with E-state index in [1.807, 2.05) is 0 Å². The van der Waals surface area contributed by atoms with Crippen LogP contribution >= 0.6 is 0 Å². The lowest BCUT2D eigenvalue weighted by molar-refractivity contribution is 0.0759. The lowest BCUT2D eigenvalue weighted by atomic mass is 9.98. The predicted molar refractivity (Wildman–Crippen MR) is 74.3 cm³/mol. The summed E-state index contributed by atoms with van der Waals surface area (Å²) in [5, 5.41) is 0. The lowest BCUT2D eigenvalue weighted by Gasteiger charge is -2.21. The summed E-state index contributed by atoms with van der Waals surface area (Å²) < 4.78 is 26.9. The molecule has 5 heteroatoms. The van der Waals surface area contributed by atoms with Gasteiger partial charge in [-0.1, -0.05) is 13.3 Å². The van der Waals surface area contributed by atoms with Gasteiger partial charge >= 0.3 is 0 Å². The molecule has 20 heavy (non-hydrogen) atoms. The van der Waals surface area contributed by atoms with Crippen LogP contribution in [0.15, 0.2) is 12.1 Å². The van der Waals surface area contributed by atoms with Gasteiger partial charge in [-0.2, -0.15) is 0 Å². The van der Waals surface area contributed by atoms with Gasteiger partial charge < -0.3 is 10.6 Å². The van der Waals surface area contributed by atoms with Crippen molar-refractivity contribution in [2.24, 2.45) is 5.92 Å². The van der Waals surface area contributed by atoms with Gasteiger partial charge in [0.25, 0.3) is 5.91 Å². The number of nitrogens with two attached hydrogens (primary N) is 1. The van der Waals surface area contributed by atoms with Gasteiger partial charge in [0.15, 0.2) is 0 Å². The largest absolute Gasteiger partial charge is 0.394 e. The molecule has 2 rings (SSSR count). The fourth-order valence-corrected chi connectivity index (χ4v) is 2.67. The molecule has 1 aliphatic heterocycles. The van der Waals surface area contributed by atoms with Crippen LogP contribution in [0.4, 0.5) is 14.5 Å². The van der Waals surface area contributed by atoms with E-state index in [1.165, 1.54) is 0 Å². The van der Waals surface area contributed by atoms with Crippen LogP contribution in [0, 0.1) is 17.6 Å². The highest BCUT2D eigenvalue weighted by Crippen LogP contribution is 2.23. The summed E-state index contributed by atoms with van der Waals surface area (Å²) >= 11 is 0. The van der Waals surface area contributed by atoms with E-state index < -0.39 is 17.3 Å². The van der Waals surface area contributed by atoms with Crippen LogP contribution in [0.5, 0.6) is 0 Å². The molecule has 1 heterocycles. The summed E-state index contributed by atoms with van der Waals surface area (Å²) in [6.07, 6.45) is 4.09. The van der Waals surface area contributed by atoms with Gasteiger partial charge in [-0.15, -0.1) is 0 Å². The summed E-state index contributed by atoms with van der Waals surface area (Å²) in [5.74, 6) is -1.45. The average molecular weight is 282 g/mol. The molecular formula is C15H20F2N2O. The van der Waals surface area contributed by atoms with Gasteiger partial charge in [0, 0.05) is 18.7 Å². The smallest absolute Gasteiger partial charge is 0.254 e. The number of hydrogen-bond acceptors (Lipinski definition) is 2. The molecule has 0 spiro atoms. The quantitative estimate of drug-likeness (QED) is 0.847. The van der Waals surface area contributed by atoms with Gasteiger partial charge in [-0.3, -0.25) is 4.79 Å². The van der Waals surface area contributed by atoms with Crippen LogP contribution in [0.2, 0.25) is 0 Å². The number of benzene rings is 1. The van der Waals surface area contributed by atoms with Crippen LogP contribution in [0.1, 0.15) is 43.0 Å². The summed E-state index contributed by atoms with van der Waals surface area (Å²) in [5.41, 5.74) is 4.71. The van der Waals surface area contributed by atoms with E-state index in [9.17, 15) is 13.6 Å². The Balaban J connectivity index is 2.15. The third-order valence-corrected chi connectivity index (χ3v) is 4.04. The monoisotopic (exact) mass is 282 g/mol. The summed E-state index contributed by atoms with van der Waals surface area (Å²) in [6.45, 7) is 3.43. The Morgan fingerprint density at radius 1 is 1.30 bits per heavy atom. The van der Waals surface area contributed by atoms with Crippen LogP contribution < -0.4 is 5.73 Å². The lowest BCUT2D eigenvalue weighted by Crippen LogP contribution is -2.32. The number of anilines is 1. The minimum Gasteiger partial charge on any atom is -0.394 e. The Labute approximate surface area is 117 Å². The molecule has 1 unspecified atom stereocenters. The van der Waals surface area contributed by atoms with E-state index in [0.29, 0.717) is 19.0 Å². The van der Waals surface area contributed by atoms with Gasteiger partial charge in [-0.25, -0.2) is 8.78 Å². The second kappa shape index (κ2) is 6.20. The highest BCUT2D eigenvalue weighted by Gasteiger charge is 2.22. The predicted octanol–water partition coefficient (Wildman–Crippen LogP) is 3.20. The van der Waals surface area contributed by atoms with E-state index in [1.54, 1.807) is 4.90 Å². The molecule has 0 radical (unpaired) electrons. The highest BCUT2D eigenvalue weighted by molar-refractivity contribution is 5.94. The molecule has 1 atom stereocenters. The van der Waals surface area contributed by atoms with Gasteiger partial charge in [-0.05, 0) is 37.3 Å². The Bertz CT molecular complexity index is 482. The van der Waals surface area contributed by atoms with Crippen molar-refractivity contribution < 1.29 is 13.6 Å². The third-order valence-electron chi connectivity index (χ3n) is 4.04. The molecule has 0 saturated carbocycles. The minimum absolute atomic E-state index is 0.0316. The van der Waals surface area contributed by atoms with Crippen molar-refractivity contribution in [1.82, 2.24) is 4.90 Å². The zero-order chi connectivity index (χ0) is 14.7. The van der Waals surface area contributed by atoms with Crippen molar-refractivity contribution in [3.63, 3.8) is 0 Å². The maximum absolute atomic E-state index is 13.4. The van der Waals surface area contributed by atoms with E-state index in [4.69, 9.17) is 5.73 Å². The normalized spacial score (nSPS) is 19.8. The third kappa shape index (κ3) is 3.08. The Morgan fingerprint density at radius 3 is 2.55 bits per heavy atom. The fourth-order valence-electron chi connectivity index (χ4n) is 2.67. The molecule has 1 aromatic carbocycles. The molecule has 2 N–H and O–H groups in total. The van der Waals surface area contributed by atoms with Crippen molar-refractivity contribution in [3.05, 3.63) is 29.3 Å². The zero-order valence-corrected chi connectivity index (χ0v) is 11.7. The van der Waals surface area contributed by atoms with E-state index in [2.05, 4.69) is 6.92 Å². The number of hydrogen-bond donors (Lipinski definition) is 1. The van der Waals surface area contributed by atoms with Crippen molar-refractivity contribution >= 4 is 11.6 Å². The number of amides is 1. The number of rotatable bonds is 2. The van der Waals surface area contributed by atoms with Gasteiger partial charge in [0.2, 0.25) is 0 Å². The first-order valence-electron chi connectivity index (χ1n) is 7.06. The zero-order valence-electron chi connectivity index (χ0n) is 11.7. The molecule has 1 aliphatic rings. The second-order valence-electron chi connectivity index (χ2n) is 5.35. The van der Waals surface area contributed by atoms with Gasteiger partial charge in [0.05, 0.1) is 0 Å². The highest BCUT2D eigenvalue weighted by atomic mass is 19.1. The fraction of sp³-hybridized carbons (Fsp3) is 0.533. The first-order chi connectivity index (χ1) is 9.52. The summed E-state index contributed by atoms with van der Waals surface area (Å²) in [7, 11) is 0. The van der Waals surface area contributed by atoms with E-state index >= 15 is 0 Å². The number of likely N-dealkylation sites (tertiary alicyclic amines) is 1. The van der Waals surface area contributed by atoms with Crippen molar-refractivity contribution in [3.8, 4) is 0 Å².